The molecule has 9 aromatic carbocycles. The number of nitrogens with zero attached hydrogens (tertiary/aromatic N) is 1. The van der Waals surface area contributed by atoms with Crippen LogP contribution in [0.4, 0.5) is 0 Å². The Hall–Kier alpha value is -4.25. The molecule has 1 heterocycles. The van der Waals surface area contributed by atoms with E-state index in [0.29, 0.717) is 19.8 Å². The Morgan fingerprint density at radius 1 is 0.611 bits per heavy atom. The van der Waals surface area contributed by atoms with Crippen molar-refractivity contribution in [1.82, 2.24) is 0 Å². The van der Waals surface area contributed by atoms with E-state index in [0.717, 1.165) is 40.3 Å². The maximum atomic E-state index is 9.65. The monoisotopic (exact) mass is 1200 g/mol. The van der Waals surface area contributed by atoms with Crippen LogP contribution in [-0.2, 0) is 80.7 Å². The van der Waals surface area contributed by atoms with Gasteiger partial charge in [-0.25, -0.2) is 0 Å². The normalized spacial score (nSPS) is 17.4. The zero-order valence-electron chi connectivity index (χ0n) is 38.4. The summed E-state index contributed by atoms with van der Waals surface area (Å²) in [5, 5.41) is 21.4. The molecule has 0 aromatic heterocycles. The number of benzene rings is 8. The number of thioether (sulfide) groups is 1. The Bertz CT molecular complexity index is 3580. The Morgan fingerprint density at radius 3 is 1.56 bits per heavy atom. The van der Waals surface area contributed by atoms with Crippen molar-refractivity contribution in [2.45, 2.75) is 55.4 Å². The second kappa shape index (κ2) is 24.4. The topological polar surface area (TPSA) is 122 Å². The first-order valence-electron chi connectivity index (χ1n) is 23.0. The van der Waals surface area contributed by atoms with Crippen molar-refractivity contribution in [1.29, 1.82) is 0 Å². The fourth-order valence-electron chi connectivity index (χ4n) is 10.7. The number of nitrogens with two attached hydrogens (primary N) is 1. The van der Waals surface area contributed by atoms with E-state index in [-0.39, 0.29) is 39.3 Å². The molecule has 1 radical (unpaired) electrons. The maximum absolute atomic E-state index is 9.65. The second-order valence-electron chi connectivity index (χ2n) is 17.5. The van der Waals surface area contributed by atoms with Crippen LogP contribution in [0.3, 0.4) is 0 Å². The summed E-state index contributed by atoms with van der Waals surface area (Å²) in [6.45, 7) is 0. The van der Waals surface area contributed by atoms with Crippen LogP contribution in [0.2, 0.25) is 0 Å². The van der Waals surface area contributed by atoms with Gasteiger partial charge in [0.2, 0.25) is 0 Å². The molecule has 13 rings (SSSR count). The number of fused-ring (bicyclic) bond motifs is 14. The fraction of sp³-hybridized carbons (Fsp3) is 0.153. The van der Waals surface area contributed by atoms with Crippen molar-refractivity contribution >= 4 is 112 Å². The summed E-state index contributed by atoms with van der Waals surface area (Å²) in [5.74, 6) is 5.50. The van der Waals surface area contributed by atoms with Crippen LogP contribution in [0.5, 0.6) is 0 Å². The Morgan fingerprint density at radius 2 is 1.03 bits per heavy atom. The van der Waals surface area contributed by atoms with Gasteiger partial charge >= 0.3 is 69.8 Å². The molecule has 1 aliphatic heterocycles. The summed E-state index contributed by atoms with van der Waals surface area (Å²) in [6.07, 6.45) is 11.6. The zero-order valence-corrected chi connectivity index (χ0v) is 45.2. The number of hydrogen-bond acceptors (Lipinski definition) is 8. The van der Waals surface area contributed by atoms with E-state index in [1.807, 2.05) is 24.3 Å². The molecule has 1 fully saturated rings. The number of aryl methyl sites for hydroxylation is 2. The van der Waals surface area contributed by atoms with Crippen LogP contribution in [0, 0.1) is 4.51 Å². The first-order chi connectivity index (χ1) is 34.2. The van der Waals surface area contributed by atoms with E-state index in [4.69, 9.17) is 31.1 Å². The SMILES string of the molecule is C.C1=Cc2ccccc2C2(SC23CCCc2ccc4ccccc4c23)c2ccccc21.N/N=C1/CCCc2ccc3ccccc3c21.O=[S](O)(=[Mg])OO.S=c1c2ccccc2ccc2ccccc12.[Ag].[O]=[Ag]. The molecule has 1 saturated heterocycles. The average molecular weight is 1210 g/mol. The molecule has 7 nitrogen and oxygen atoms in total. The fourth-order valence-corrected chi connectivity index (χ4v) is 13.2. The van der Waals surface area contributed by atoms with E-state index in [2.05, 4.69) is 191 Å². The number of hydrazone groups is 1. The van der Waals surface area contributed by atoms with Crippen molar-refractivity contribution in [3.8, 4) is 0 Å². The third-order valence-electron chi connectivity index (χ3n) is 13.7. The van der Waals surface area contributed by atoms with Gasteiger partial charge in [0.15, 0.2) is 0 Å². The molecule has 3 aliphatic carbocycles. The van der Waals surface area contributed by atoms with E-state index in [9.17, 15) is 4.21 Å². The minimum absolute atomic E-state index is 0. The molecule has 2 unspecified atom stereocenters. The van der Waals surface area contributed by atoms with E-state index < -0.39 is 7.32 Å². The molecule has 2 spiro atoms. The molecule has 72 heavy (non-hydrogen) atoms. The molecule has 0 saturated carbocycles. The third kappa shape index (κ3) is 10.9. The summed E-state index contributed by atoms with van der Waals surface area (Å²) in [6, 6.07) is 65.5. The molecule has 370 valence electrons. The van der Waals surface area contributed by atoms with Gasteiger partial charge in [0.25, 0.3) is 0 Å². The molecule has 2 atom stereocenters. The summed E-state index contributed by atoms with van der Waals surface area (Å²) in [4.78, 5) is 0. The van der Waals surface area contributed by atoms with Crippen molar-refractivity contribution in [2.75, 3.05) is 0 Å². The zero-order chi connectivity index (χ0) is 48.9. The predicted octanol–water partition coefficient (Wildman–Crippen LogP) is 14.9. The van der Waals surface area contributed by atoms with Crippen LogP contribution in [-0.4, -0.2) is 39.5 Å². The summed E-state index contributed by atoms with van der Waals surface area (Å²) in [5.41, 5.74) is 12.6. The van der Waals surface area contributed by atoms with Gasteiger partial charge in [-0.3, -0.25) is 0 Å². The molecule has 0 bridgehead atoms. The van der Waals surface area contributed by atoms with Crippen LogP contribution in [0.1, 0.15) is 77.6 Å². The van der Waals surface area contributed by atoms with Crippen molar-refractivity contribution < 1.29 is 65.0 Å². The third-order valence-corrected chi connectivity index (χ3v) is 16.6. The first kappa shape index (κ1) is 55.5. The van der Waals surface area contributed by atoms with Gasteiger partial charge in [-0.2, -0.15) is 5.10 Å². The Balaban J connectivity index is 0.000000155. The van der Waals surface area contributed by atoms with Crippen molar-refractivity contribution in [3.63, 3.8) is 0 Å². The minimum atomic E-state index is -3.33. The van der Waals surface area contributed by atoms with E-state index in [1.54, 1.807) is 32.2 Å². The summed E-state index contributed by atoms with van der Waals surface area (Å²) >= 11 is 10.1. The predicted molar refractivity (Wildman–Crippen MR) is 296 cm³/mol. The second-order valence-corrected chi connectivity index (χ2v) is 23.0. The van der Waals surface area contributed by atoms with Gasteiger partial charge in [-0.1, -0.05) is 214 Å². The molecular formula is C59H52Ag2MgN2O5S3. The molecule has 4 aliphatic rings. The first-order valence-corrected chi connectivity index (χ1v) is 28.1. The quantitative estimate of drug-likeness (QED) is 0.0371. The van der Waals surface area contributed by atoms with Crippen LogP contribution < -0.4 is 5.84 Å². The van der Waals surface area contributed by atoms with Crippen LogP contribution in [0.15, 0.2) is 187 Å². The van der Waals surface area contributed by atoms with Gasteiger partial charge in [0.05, 0.1) is 19.7 Å². The van der Waals surface area contributed by atoms with E-state index in [1.165, 1.54) is 85.0 Å². The Labute approximate surface area is 469 Å². The van der Waals surface area contributed by atoms with Crippen molar-refractivity contribution in [3.05, 3.63) is 231 Å². The van der Waals surface area contributed by atoms with E-state index >= 15 is 0 Å². The number of rotatable bonds is 1. The molecule has 0 amide bonds. The standard InChI is InChI=1S/C29H22S.C15H10S.C14H14N2.CH4.2Ag.Mg.H2O4S.O/c1-4-12-24-20(8-1)15-18-23-11-7-19-28(27(23)24)29(30-28)25-13-5-2-9-21(25)16-17-22-10-3-6-14-26(22)29;16-15-13-7-3-1-5-11(13)9-10-12-6-2-4-8-14(12)15;15-16-13-7-3-5-11-9-8-10-4-1-2-6-12(10)14(11)13;;;;;1-4-5(2)3;/h1-6,8-10,12-18H,7,11,19H2;1-10H;1-2,4,6,8-9H,3,5,7,15H2;1H4;;;;1H,(H,2,3);/b;;16-13-;;;;;;. The van der Waals surface area contributed by atoms with Crippen molar-refractivity contribution in [2.24, 2.45) is 10.9 Å². The molecular weight excluding hydrogens is 1150 g/mol. The van der Waals surface area contributed by atoms with Crippen LogP contribution in [0.25, 0.3) is 55.2 Å². The van der Waals surface area contributed by atoms with Gasteiger partial charge in [0, 0.05) is 38.7 Å². The Kier molecular flexibility index (Phi) is 18.8. The van der Waals surface area contributed by atoms with Gasteiger partial charge in [-0.15, -0.1) is 11.8 Å². The van der Waals surface area contributed by atoms with Gasteiger partial charge in [-0.05, 0) is 110 Å². The molecule has 13 heteroatoms. The van der Waals surface area contributed by atoms with Gasteiger partial charge in [0.1, 0.15) is 0 Å². The van der Waals surface area contributed by atoms with Gasteiger partial charge < -0.3 is 5.84 Å². The average Bonchev–Trinajstić information content (AvgIpc) is 4.13. The molecule has 4 N–H and O–H groups in total. The van der Waals surface area contributed by atoms with Crippen LogP contribution >= 0.6 is 24.0 Å². The number of hydrogen-bond donors (Lipinski definition) is 3. The summed E-state index contributed by atoms with van der Waals surface area (Å²) in [7, 11) is -3.33. The molecule has 9 aromatic rings. The summed E-state index contributed by atoms with van der Waals surface area (Å²) < 4.78 is 29.7.